The third kappa shape index (κ3) is 3.64. The number of likely N-dealkylation sites (N-methyl/N-ethyl adjacent to an activating group) is 1. The van der Waals surface area contributed by atoms with Gasteiger partial charge in [-0.25, -0.2) is 4.39 Å². The van der Waals surface area contributed by atoms with E-state index in [4.69, 9.17) is 0 Å². The van der Waals surface area contributed by atoms with Crippen LogP contribution in [0, 0.1) is 19.7 Å². The Morgan fingerprint density at radius 2 is 2.00 bits per heavy atom. The second-order valence-corrected chi connectivity index (χ2v) is 5.15. The Morgan fingerprint density at radius 1 is 1.20 bits per heavy atom. The lowest BCUT2D eigenvalue weighted by Gasteiger charge is -2.19. The van der Waals surface area contributed by atoms with E-state index in [1.807, 2.05) is 0 Å². The number of rotatable bonds is 5. The van der Waals surface area contributed by atoms with Crippen molar-refractivity contribution < 1.29 is 4.39 Å². The van der Waals surface area contributed by atoms with Crippen molar-refractivity contribution in [3.05, 3.63) is 64.7 Å². The Hall–Kier alpha value is -1.74. The number of hydrogen-bond acceptors (Lipinski definition) is 2. The van der Waals surface area contributed by atoms with Crippen LogP contribution < -0.4 is 5.32 Å². The molecule has 2 rings (SSSR count). The number of halogens is 1. The van der Waals surface area contributed by atoms with E-state index in [9.17, 15) is 4.39 Å². The molecule has 1 atom stereocenters. The van der Waals surface area contributed by atoms with Gasteiger partial charge in [0.05, 0.1) is 17.9 Å². The van der Waals surface area contributed by atoms with Gasteiger partial charge in [0.1, 0.15) is 5.82 Å². The summed E-state index contributed by atoms with van der Waals surface area (Å²) in [6, 6.07) is 9.82. The number of aromatic nitrogens is 1. The van der Waals surface area contributed by atoms with Crippen LogP contribution in [0.15, 0.2) is 36.5 Å². The third-order valence-corrected chi connectivity index (χ3v) is 3.49. The van der Waals surface area contributed by atoms with E-state index >= 15 is 0 Å². The number of nitrogens with zero attached hydrogens (tertiary/aromatic N) is 1. The van der Waals surface area contributed by atoms with Gasteiger partial charge in [-0.1, -0.05) is 30.7 Å². The van der Waals surface area contributed by atoms with Crippen LogP contribution >= 0.6 is 0 Å². The summed E-state index contributed by atoms with van der Waals surface area (Å²) < 4.78 is 13.0. The van der Waals surface area contributed by atoms with Gasteiger partial charge < -0.3 is 5.32 Å². The highest BCUT2D eigenvalue weighted by atomic mass is 19.1. The molecule has 0 radical (unpaired) electrons. The van der Waals surface area contributed by atoms with Crippen molar-refractivity contribution in [2.24, 2.45) is 0 Å². The van der Waals surface area contributed by atoms with Crippen LogP contribution in [0.4, 0.5) is 4.39 Å². The number of benzene rings is 1. The Balaban J connectivity index is 2.25. The Kier molecular flexibility index (Phi) is 4.85. The molecule has 20 heavy (non-hydrogen) atoms. The van der Waals surface area contributed by atoms with Crippen LogP contribution in [0.2, 0.25) is 0 Å². The summed E-state index contributed by atoms with van der Waals surface area (Å²) in [5.41, 5.74) is 4.73. The standard InChI is InChI=1S/C17H21FN2/c1-4-19-17(16-8-7-15(18)11-20-16)10-14-9-12(2)5-6-13(14)3/h5-9,11,17,19H,4,10H2,1-3H3. The summed E-state index contributed by atoms with van der Waals surface area (Å²) in [4.78, 5) is 4.21. The highest BCUT2D eigenvalue weighted by molar-refractivity contribution is 5.32. The van der Waals surface area contributed by atoms with Crippen LogP contribution in [0.5, 0.6) is 0 Å². The molecule has 0 fully saturated rings. The molecule has 2 nitrogen and oxygen atoms in total. The topological polar surface area (TPSA) is 24.9 Å². The van der Waals surface area contributed by atoms with Crippen molar-refractivity contribution in [3.8, 4) is 0 Å². The van der Waals surface area contributed by atoms with Crippen molar-refractivity contribution in [1.82, 2.24) is 10.3 Å². The highest BCUT2D eigenvalue weighted by Crippen LogP contribution is 2.20. The summed E-state index contributed by atoms with van der Waals surface area (Å²) in [6.45, 7) is 7.14. The van der Waals surface area contributed by atoms with Gasteiger partial charge in [0.2, 0.25) is 0 Å². The lowest BCUT2D eigenvalue weighted by atomic mass is 9.97. The minimum Gasteiger partial charge on any atom is -0.309 e. The van der Waals surface area contributed by atoms with E-state index in [0.717, 1.165) is 18.7 Å². The van der Waals surface area contributed by atoms with Gasteiger partial charge in [0.25, 0.3) is 0 Å². The lowest BCUT2D eigenvalue weighted by Crippen LogP contribution is -2.24. The lowest BCUT2D eigenvalue weighted by molar-refractivity contribution is 0.530. The summed E-state index contributed by atoms with van der Waals surface area (Å²) in [5, 5.41) is 3.43. The maximum absolute atomic E-state index is 13.0. The number of aryl methyl sites for hydroxylation is 2. The average Bonchev–Trinajstić information content (AvgIpc) is 2.43. The molecule has 0 saturated carbocycles. The first kappa shape index (κ1) is 14.7. The molecule has 2 aromatic rings. The molecule has 1 unspecified atom stereocenters. The van der Waals surface area contributed by atoms with Gasteiger partial charge in [0.15, 0.2) is 0 Å². The van der Waals surface area contributed by atoms with E-state index in [1.54, 1.807) is 6.07 Å². The van der Waals surface area contributed by atoms with E-state index in [-0.39, 0.29) is 11.9 Å². The summed E-state index contributed by atoms with van der Waals surface area (Å²) in [5.74, 6) is -0.296. The molecule has 106 valence electrons. The molecule has 3 heteroatoms. The summed E-state index contributed by atoms with van der Waals surface area (Å²) >= 11 is 0. The fraction of sp³-hybridized carbons (Fsp3) is 0.353. The van der Waals surface area contributed by atoms with Crippen LogP contribution in [0.3, 0.4) is 0 Å². The van der Waals surface area contributed by atoms with E-state index in [0.29, 0.717) is 0 Å². The van der Waals surface area contributed by atoms with Crippen LogP contribution in [-0.4, -0.2) is 11.5 Å². The molecule has 1 N–H and O–H groups in total. The number of nitrogens with one attached hydrogen (secondary N) is 1. The molecule has 0 bridgehead atoms. The van der Waals surface area contributed by atoms with Crippen molar-refractivity contribution >= 4 is 0 Å². The normalized spacial score (nSPS) is 12.4. The largest absolute Gasteiger partial charge is 0.309 e. The second kappa shape index (κ2) is 6.62. The van der Waals surface area contributed by atoms with Crippen molar-refractivity contribution in [2.45, 2.75) is 33.2 Å². The van der Waals surface area contributed by atoms with Gasteiger partial charge in [-0.2, -0.15) is 0 Å². The first-order valence-corrected chi connectivity index (χ1v) is 7.01. The van der Waals surface area contributed by atoms with Crippen molar-refractivity contribution in [2.75, 3.05) is 6.54 Å². The first-order chi connectivity index (χ1) is 9.60. The van der Waals surface area contributed by atoms with Gasteiger partial charge in [0, 0.05) is 0 Å². The predicted octanol–water partition coefficient (Wildman–Crippen LogP) is 3.73. The van der Waals surface area contributed by atoms with E-state index in [2.05, 4.69) is 49.3 Å². The smallest absolute Gasteiger partial charge is 0.141 e. The van der Waals surface area contributed by atoms with Gasteiger partial charge in [-0.3, -0.25) is 4.98 Å². The fourth-order valence-electron chi connectivity index (χ4n) is 2.36. The quantitative estimate of drug-likeness (QED) is 0.897. The fourth-order valence-corrected chi connectivity index (χ4v) is 2.36. The molecule has 1 heterocycles. The molecule has 0 saturated heterocycles. The number of hydrogen-bond donors (Lipinski definition) is 1. The molecule has 0 aliphatic heterocycles. The van der Waals surface area contributed by atoms with Gasteiger partial charge in [-0.15, -0.1) is 0 Å². The predicted molar refractivity (Wildman–Crippen MR) is 80.2 cm³/mol. The molecule has 1 aromatic carbocycles. The van der Waals surface area contributed by atoms with Crippen molar-refractivity contribution in [1.29, 1.82) is 0 Å². The molecular formula is C17H21FN2. The SMILES string of the molecule is CCNC(Cc1cc(C)ccc1C)c1ccc(F)cn1. The molecule has 0 amide bonds. The Morgan fingerprint density at radius 3 is 2.65 bits per heavy atom. The van der Waals surface area contributed by atoms with Gasteiger partial charge in [-0.05, 0) is 50.1 Å². The highest BCUT2D eigenvalue weighted by Gasteiger charge is 2.14. The summed E-state index contributed by atoms with van der Waals surface area (Å²) in [7, 11) is 0. The van der Waals surface area contributed by atoms with Crippen molar-refractivity contribution in [3.63, 3.8) is 0 Å². The molecule has 0 aliphatic rings. The molecule has 1 aromatic heterocycles. The minimum atomic E-state index is -0.296. The van der Waals surface area contributed by atoms with E-state index in [1.165, 1.54) is 29.0 Å². The average molecular weight is 272 g/mol. The zero-order valence-electron chi connectivity index (χ0n) is 12.3. The minimum absolute atomic E-state index is 0.112. The Bertz CT molecular complexity index is 564. The van der Waals surface area contributed by atoms with Crippen LogP contribution in [0.25, 0.3) is 0 Å². The Labute approximate surface area is 120 Å². The summed E-state index contributed by atoms with van der Waals surface area (Å²) in [6.07, 6.45) is 2.14. The monoisotopic (exact) mass is 272 g/mol. The van der Waals surface area contributed by atoms with Gasteiger partial charge >= 0.3 is 0 Å². The second-order valence-electron chi connectivity index (χ2n) is 5.15. The van der Waals surface area contributed by atoms with E-state index < -0.39 is 0 Å². The molecule has 0 aliphatic carbocycles. The van der Waals surface area contributed by atoms with Crippen LogP contribution in [-0.2, 0) is 6.42 Å². The number of pyridine rings is 1. The molecular weight excluding hydrogens is 251 g/mol. The maximum Gasteiger partial charge on any atom is 0.141 e. The third-order valence-electron chi connectivity index (χ3n) is 3.49. The zero-order valence-corrected chi connectivity index (χ0v) is 12.3. The first-order valence-electron chi connectivity index (χ1n) is 7.01. The maximum atomic E-state index is 13.0. The van der Waals surface area contributed by atoms with Crippen LogP contribution in [0.1, 0.15) is 35.3 Å². The molecule has 0 spiro atoms. The zero-order chi connectivity index (χ0) is 14.5.